The fourth-order valence-corrected chi connectivity index (χ4v) is 3.11. The monoisotopic (exact) mass is 377 g/mol. The maximum absolute atomic E-state index is 12.2. The highest BCUT2D eigenvalue weighted by molar-refractivity contribution is 6.35. The van der Waals surface area contributed by atoms with Crippen LogP contribution in [0.5, 0.6) is 11.5 Å². The minimum atomic E-state index is -0.616. The Morgan fingerprint density at radius 3 is 2.41 bits per heavy atom. The summed E-state index contributed by atoms with van der Waals surface area (Å²) in [6.07, 6.45) is 0. The number of carbonyl (C=O) groups excluding carboxylic acids is 2. The number of ether oxygens (including phenoxy) is 3. The quantitative estimate of drug-likeness (QED) is 0.709. The van der Waals surface area contributed by atoms with E-state index in [-0.39, 0.29) is 18.8 Å². The van der Waals surface area contributed by atoms with Gasteiger partial charge < -0.3 is 24.8 Å². The molecule has 2 N–H and O–H groups in total. The number of hydrogen-bond acceptors (Lipinski definition) is 6. The van der Waals surface area contributed by atoms with E-state index in [4.69, 9.17) is 14.2 Å². The lowest BCUT2D eigenvalue weighted by Crippen LogP contribution is -2.47. The number of nitrogens with zero attached hydrogens (tertiary/aromatic N) is 1. The van der Waals surface area contributed by atoms with E-state index in [0.717, 1.165) is 24.4 Å². The lowest BCUT2D eigenvalue weighted by molar-refractivity contribution is -0.139. The summed E-state index contributed by atoms with van der Waals surface area (Å²) in [6, 6.07) is 5.71. The van der Waals surface area contributed by atoms with Crippen LogP contribution in [-0.4, -0.2) is 62.9 Å². The normalized spacial score (nSPS) is 17.6. The second kappa shape index (κ2) is 9.05. The molecule has 0 aromatic heterocycles. The molecular weight excluding hydrogens is 350 g/mol. The highest BCUT2D eigenvalue weighted by atomic mass is 16.7. The van der Waals surface area contributed by atoms with Crippen molar-refractivity contribution in [3.63, 3.8) is 0 Å². The number of morpholine rings is 1. The van der Waals surface area contributed by atoms with Gasteiger partial charge in [0.1, 0.15) is 0 Å². The van der Waals surface area contributed by atoms with Crippen molar-refractivity contribution in [1.82, 2.24) is 15.5 Å². The summed E-state index contributed by atoms with van der Waals surface area (Å²) in [7, 11) is 0. The first kappa shape index (κ1) is 19.4. The topological polar surface area (TPSA) is 89.1 Å². The van der Waals surface area contributed by atoms with Crippen molar-refractivity contribution in [2.75, 3.05) is 46.2 Å². The summed E-state index contributed by atoms with van der Waals surface area (Å²) in [5.74, 6) is 0.490. The van der Waals surface area contributed by atoms with Crippen LogP contribution in [0.15, 0.2) is 18.2 Å². The van der Waals surface area contributed by atoms with Gasteiger partial charge in [-0.15, -0.1) is 0 Å². The molecule has 0 spiro atoms. The number of nitrogens with one attached hydrogen (secondary N) is 2. The first-order valence-electron chi connectivity index (χ1n) is 9.32. The number of amides is 2. The van der Waals surface area contributed by atoms with Crippen molar-refractivity contribution in [2.24, 2.45) is 5.92 Å². The Bertz CT molecular complexity index is 673. The molecule has 2 heterocycles. The molecule has 3 rings (SSSR count). The molecule has 2 aliphatic heterocycles. The van der Waals surface area contributed by atoms with Crippen LogP contribution in [0.2, 0.25) is 0 Å². The summed E-state index contributed by atoms with van der Waals surface area (Å²) in [6.45, 7) is 7.78. The van der Waals surface area contributed by atoms with Crippen molar-refractivity contribution in [3.8, 4) is 11.5 Å². The van der Waals surface area contributed by atoms with E-state index in [0.29, 0.717) is 32.1 Å². The van der Waals surface area contributed by atoms with Gasteiger partial charge in [0.05, 0.1) is 19.3 Å². The predicted octanol–water partition coefficient (Wildman–Crippen LogP) is 0.677. The van der Waals surface area contributed by atoms with Gasteiger partial charge in [0.2, 0.25) is 6.79 Å². The number of rotatable bonds is 6. The summed E-state index contributed by atoms with van der Waals surface area (Å²) in [4.78, 5) is 26.3. The van der Waals surface area contributed by atoms with Crippen molar-refractivity contribution in [1.29, 1.82) is 0 Å². The van der Waals surface area contributed by atoms with E-state index in [2.05, 4.69) is 15.5 Å². The van der Waals surface area contributed by atoms with Gasteiger partial charge in [0.25, 0.3) is 0 Å². The Kier molecular flexibility index (Phi) is 6.52. The molecule has 1 aromatic rings. The predicted molar refractivity (Wildman–Crippen MR) is 98.6 cm³/mol. The molecule has 8 heteroatoms. The summed E-state index contributed by atoms with van der Waals surface area (Å²) < 4.78 is 16.3. The number of hydrogen-bond donors (Lipinski definition) is 2. The third-order valence-corrected chi connectivity index (χ3v) is 4.60. The summed E-state index contributed by atoms with van der Waals surface area (Å²) in [5, 5.41) is 5.40. The van der Waals surface area contributed by atoms with Crippen LogP contribution in [-0.2, 0) is 14.3 Å². The molecule has 148 valence electrons. The van der Waals surface area contributed by atoms with E-state index in [1.807, 2.05) is 32.0 Å². The van der Waals surface area contributed by atoms with Gasteiger partial charge in [-0.2, -0.15) is 0 Å². The van der Waals surface area contributed by atoms with Crippen LogP contribution >= 0.6 is 0 Å². The zero-order valence-electron chi connectivity index (χ0n) is 15.8. The van der Waals surface area contributed by atoms with Crippen molar-refractivity contribution >= 4 is 11.8 Å². The van der Waals surface area contributed by atoms with Gasteiger partial charge in [0.15, 0.2) is 11.5 Å². The van der Waals surface area contributed by atoms with E-state index in [1.165, 1.54) is 0 Å². The molecule has 0 unspecified atom stereocenters. The van der Waals surface area contributed by atoms with Gasteiger partial charge in [-0.05, 0) is 23.6 Å². The third kappa shape index (κ3) is 5.11. The second-order valence-corrected chi connectivity index (χ2v) is 7.09. The number of carbonyl (C=O) groups is 2. The molecule has 27 heavy (non-hydrogen) atoms. The molecule has 1 saturated heterocycles. The molecule has 1 aromatic carbocycles. The standard InChI is InChI=1S/C19H27N3O5/c1-13(2)10-20-18(23)19(24)21-11-15(22-5-7-25-8-6-22)14-3-4-16-17(9-14)27-12-26-16/h3-4,9,13,15H,5-8,10-12H2,1-2H3,(H,20,23)(H,21,24)/t15-/m1/s1. The minimum Gasteiger partial charge on any atom is -0.454 e. The van der Waals surface area contributed by atoms with Crippen LogP contribution in [0.4, 0.5) is 0 Å². The molecule has 0 aliphatic carbocycles. The average molecular weight is 377 g/mol. The van der Waals surface area contributed by atoms with Crippen LogP contribution in [0.1, 0.15) is 25.5 Å². The molecule has 2 aliphatic rings. The molecule has 2 amide bonds. The average Bonchev–Trinajstić information content (AvgIpc) is 3.14. The van der Waals surface area contributed by atoms with E-state index in [1.54, 1.807) is 0 Å². The Labute approximate surface area is 159 Å². The highest BCUT2D eigenvalue weighted by Crippen LogP contribution is 2.35. The lowest BCUT2D eigenvalue weighted by Gasteiger charge is -2.35. The van der Waals surface area contributed by atoms with Crippen LogP contribution < -0.4 is 20.1 Å². The van der Waals surface area contributed by atoms with Crippen LogP contribution in [0.3, 0.4) is 0 Å². The maximum Gasteiger partial charge on any atom is 0.309 e. The van der Waals surface area contributed by atoms with E-state index >= 15 is 0 Å². The second-order valence-electron chi connectivity index (χ2n) is 7.09. The Hall–Kier alpha value is -2.32. The number of benzene rings is 1. The number of fused-ring (bicyclic) bond motifs is 1. The first-order valence-corrected chi connectivity index (χ1v) is 9.32. The molecule has 1 atom stereocenters. The first-order chi connectivity index (χ1) is 13.0. The smallest absolute Gasteiger partial charge is 0.309 e. The molecule has 0 saturated carbocycles. The van der Waals surface area contributed by atoms with Crippen LogP contribution in [0, 0.1) is 5.92 Å². The van der Waals surface area contributed by atoms with Crippen molar-refractivity contribution in [3.05, 3.63) is 23.8 Å². The molecule has 0 bridgehead atoms. The molecule has 0 radical (unpaired) electrons. The van der Waals surface area contributed by atoms with Crippen molar-refractivity contribution in [2.45, 2.75) is 19.9 Å². The Morgan fingerprint density at radius 2 is 1.70 bits per heavy atom. The van der Waals surface area contributed by atoms with Crippen molar-refractivity contribution < 1.29 is 23.8 Å². The largest absolute Gasteiger partial charge is 0.454 e. The SMILES string of the molecule is CC(C)CNC(=O)C(=O)NC[C@H](c1ccc2c(c1)OCO2)N1CCOCC1. The van der Waals surface area contributed by atoms with Gasteiger partial charge in [0, 0.05) is 26.2 Å². The van der Waals surface area contributed by atoms with Crippen LogP contribution in [0.25, 0.3) is 0 Å². The summed E-state index contributed by atoms with van der Waals surface area (Å²) >= 11 is 0. The van der Waals surface area contributed by atoms with Gasteiger partial charge >= 0.3 is 11.8 Å². The Balaban J connectivity index is 1.67. The lowest BCUT2D eigenvalue weighted by atomic mass is 10.0. The molecule has 1 fully saturated rings. The highest BCUT2D eigenvalue weighted by Gasteiger charge is 2.26. The fourth-order valence-electron chi connectivity index (χ4n) is 3.11. The molecule has 8 nitrogen and oxygen atoms in total. The zero-order chi connectivity index (χ0) is 19.2. The van der Waals surface area contributed by atoms with E-state index in [9.17, 15) is 9.59 Å². The van der Waals surface area contributed by atoms with Gasteiger partial charge in [-0.3, -0.25) is 14.5 Å². The maximum atomic E-state index is 12.2. The zero-order valence-corrected chi connectivity index (χ0v) is 15.8. The minimum absolute atomic E-state index is 0.0785. The van der Waals surface area contributed by atoms with E-state index < -0.39 is 11.8 Å². The molecular formula is C19H27N3O5. The van der Waals surface area contributed by atoms with Gasteiger partial charge in [-0.25, -0.2) is 0 Å². The fraction of sp³-hybridized carbons (Fsp3) is 0.579. The third-order valence-electron chi connectivity index (χ3n) is 4.60. The van der Waals surface area contributed by atoms with Gasteiger partial charge in [-0.1, -0.05) is 19.9 Å². The Morgan fingerprint density at radius 1 is 1.04 bits per heavy atom. The summed E-state index contributed by atoms with van der Waals surface area (Å²) in [5.41, 5.74) is 1.00.